The van der Waals surface area contributed by atoms with Crippen molar-refractivity contribution in [1.29, 1.82) is 0 Å². The van der Waals surface area contributed by atoms with Crippen LogP contribution in [0.25, 0.3) is 10.6 Å². The summed E-state index contributed by atoms with van der Waals surface area (Å²) >= 11 is 1.56. The predicted octanol–water partition coefficient (Wildman–Crippen LogP) is 2.98. The fourth-order valence-electron chi connectivity index (χ4n) is 2.73. The number of aromatic carboxylic acids is 1. The van der Waals surface area contributed by atoms with E-state index in [9.17, 15) is 4.79 Å². The smallest absolute Gasteiger partial charge is 0.335 e. The molecule has 1 saturated heterocycles. The van der Waals surface area contributed by atoms with E-state index < -0.39 is 5.97 Å². The van der Waals surface area contributed by atoms with Crippen molar-refractivity contribution < 1.29 is 14.6 Å². The number of thiazole rings is 1. The summed E-state index contributed by atoms with van der Waals surface area (Å²) in [6, 6.07) is 6.93. The molecular formula is C17H20N2O3S. The topological polar surface area (TPSA) is 62.7 Å². The first-order chi connectivity index (χ1) is 11.1. The van der Waals surface area contributed by atoms with Crippen molar-refractivity contribution in [3.05, 3.63) is 40.9 Å². The van der Waals surface area contributed by atoms with Crippen molar-refractivity contribution in [2.45, 2.75) is 13.5 Å². The number of carbonyl (C=O) groups is 1. The Bertz CT molecular complexity index is 686. The van der Waals surface area contributed by atoms with E-state index in [2.05, 4.69) is 22.2 Å². The average Bonchev–Trinajstić information content (AvgIpc) is 2.90. The molecule has 0 spiro atoms. The SMILES string of the molecule is CC1COCCN(Cc2csc(-c3cccc(C(=O)O)c3)n2)C1. The van der Waals surface area contributed by atoms with E-state index in [1.54, 1.807) is 29.5 Å². The van der Waals surface area contributed by atoms with Crippen LogP contribution in [0.1, 0.15) is 23.0 Å². The number of benzene rings is 1. The summed E-state index contributed by atoms with van der Waals surface area (Å²) in [5.74, 6) is -0.384. The number of aromatic nitrogens is 1. The number of rotatable bonds is 4. The lowest BCUT2D eigenvalue weighted by molar-refractivity contribution is 0.0697. The normalized spacial score (nSPS) is 19.4. The van der Waals surface area contributed by atoms with Gasteiger partial charge in [-0.3, -0.25) is 4.90 Å². The maximum absolute atomic E-state index is 11.1. The lowest BCUT2D eigenvalue weighted by Crippen LogP contribution is -2.28. The van der Waals surface area contributed by atoms with E-state index in [0.717, 1.165) is 49.1 Å². The van der Waals surface area contributed by atoms with Crippen LogP contribution >= 0.6 is 11.3 Å². The molecule has 1 aromatic heterocycles. The third-order valence-electron chi connectivity index (χ3n) is 3.82. The number of carboxylic acid groups (broad SMARTS) is 1. The Labute approximate surface area is 139 Å². The molecule has 1 fully saturated rings. The molecule has 0 amide bonds. The van der Waals surface area contributed by atoms with Crippen molar-refractivity contribution in [3.8, 4) is 10.6 Å². The van der Waals surface area contributed by atoms with Crippen molar-refractivity contribution in [2.24, 2.45) is 5.92 Å². The van der Waals surface area contributed by atoms with Crippen LogP contribution in [0, 0.1) is 5.92 Å². The van der Waals surface area contributed by atoms with Gasteiger partial charge in [-0.1, -0.05) is 19.1 Å². The molecule has 0 aliphatic carbocycles. The van der Waals surface area contributed by atoms with Gasteiger partial charge in [0.15, 0.2) is 0 Å². The van der Waals surface area contributed by atoms with E-state index in [0.29, 0.717) is 5.92 Å². The molecule has 0 saturated carbocycles. The molecule has 1 aliphatic heterocycles. The zero-order valence-corrected chi connectivity index (χ0v) is 13.9. The highest BCUT2D eigenvalue weighted by Crippen LogP contribution is 2.25. The van der Waals surface area contributed by atoms with Gasteiger partial charge >= 0.3 is 5.97 Å². The number of carboxylic acids is 1. The van der Waals surface area contributed by atoms with Gasteiger partial charge in [-0.25, -0.2) is 9.78 Å². The fraction of sp³-hybridized carbons (Fsp3) is 0.412. The van der Waals surface area contributed by atoms with Crippen LogP contribution in [0.2, 0.25) is 0 Å². The lowest BCUT2D eigenvalue weighted by Gasteiger charge is -2.20. The van der Waals surface area contributed by atoms with Crippen molar-refractivity contribution >= 4 is 17.3 Å². The second kappa shape index (κ2) is 7.21. The van der Waals surface area contributed by atoms with Crippen LogP contribution in [-0.2, 0) is 11.3 Å². The van der Waals surface area contributed by atoms with Gasteiger partial charge in [0.2, 0.25) is 0 Å². The van der Waals surface area contributed by atoms with Crippen LogP contribution in [0.15, 0.2) is 29.6 Å². The molecule has 0 radical (unpaired) electrons. The van der Waals surface area contributed by atoms with E-state index >= 15 is 0 Å². The monoisotopic (exact) mass is 332 g/mol. The van der Waals surface area contributed by atoms with Crippen LogP contribution in [-0.4, -0.2) is 47.3 Å². The van der Waals surface area contributed by atoms with Crippen LogP contribution in [0.4, 0.5) is 0 Å². The minimum Gasteiger partial charge on any atom is -0.478 e. The maximum atomic E-state index is 11.1. The first-order valence-corrected chi connectivity index (χ1v) is 8.58. The lowest BCUT2D eigenvalue weighted by atomic mass is 10.1. The van der Waals surface area contributed by atoms with Gasteiger partial charge in [0.05, 0.1) is 24.5 Å². The van der Waals surface area contributed by atoms with Crippen LogP contribution in [0.5, 0.6) is 0 Å². The number of hydrogen-bond acceptors (Lipinski definition) is 5. The third-order valence-corrected chi connectivity index (χ3v) is 4.76. The zero-order valence-electron chi connectivity index (χ0n) is 13.1. The molecule has 1 unspecified atom stereocenters. The highest BCUT2D eigenvalue weighted by Gasteiger charge is 2.16. The molecule has 0 bridgehead atoms. The second-order valence-electron chi connectivity index (χ2n) is 5.95. The molecule has 5 nitrogen and oxygen atoms in total. The van der Waals surface area contributed by atoms with E-state index in [-0.39, 0.29) is 5.56 Å². The third kappa shape index (κ3) is 4.16. The zero-order chi connectivity index (χ0) is 16.2. The Morgan fingerprint density at radius 2 is 2.39 bits per heavy atom. The largest absolute Gasteiger partial charge is 0.478 e. The molecule has 1 atom stereocenters. The molecule has 2 aromatic rings. The molecule has 122 valence electrons. The Morgan fingerprint density at radius 3 is 3.22 bits per heavy atom. The minimum absolute atomic E-state index is 0.290. The number of nitrogens with zero attached hydrogens (tertiary/aromatic N) is 2. The van der Waals surface area contributed by atoms with Gasteiger partial charge in [0, 0.05) is 30.6 Å². The van der Waals surface area contributed by atoms with Gasteiger partial charge in [0.1, 0.15) is 5.01 Å². The van der Waals surface area contributed by atoms with Gasteiger partial charge in [-0.15, -0.1) is 11.3 Å². The van der Waals surface area contributed by atoms with E-state index in [4.69, 9.17) is 9.84 Å². The quantitative estimate of drug-likeness (QED) is 0.932. The summed E-state index contributed by atoms with van der Waals surface area (Å²) in [5.41, 5.74) is 2.17. The average molecular weight is 332 g/mol. The Balaban J connectivity index is 1.72. The van der Waals surface area contributed by atoms with Gasteiger partial charge in [-0.2, -0.15) is 0 Å². The van der Waals surface area contributed by atoms with Crippen LogP contribution in [0.3, 0.4) is 0 Å². The van der Waals surface area contributed by atoms with Gasteiger partial charge < -0.3 is 9.84 Å². The number of ether oxygens (including phenoxy) is 1. The molecular weight excluding hydrogens is 312 g/mol. The summed E-state index contributed by atoms with van der Waals surface area (Å²) in [7, 11) is 0. The summed E-state index contributed by atoms with van der Waals surface area (Å²) in [6.07, 6.45) is 0. The molecule has 3 rings (SSSR count). The second-order valence-corrected chi connectivity index (χ2v) is 6.80. The summed E-state index contributed by atoms with van der Waals surface area (Å²) in [6.45, 7) is 6.53. The molecule has 1 N–H and O–H groups in total. The standard InChI is InChI=1S/C17H20N2O3S/c1-12-8-19(5-6-22-10-12)9-15-11-23-16(18-15)13-3-2-4-14(7-13)17(20)21/h2-4,7,11-12H,5-6,8-10H2,1H3,(H,20,21). The first kappa shape index (κ1) is 16.1. The molecule has 1 aliphatic rings. The molecule has 6 heteroatoms. The van der Waals surface area contributed by atoms with Crippen molar-refractivity contribution in [2.75, 3.05) is 26.3 Å². The van der Waals surface area contributed by atoms with Gasteiger partial charge in [0.25, 0.3) is 0 Å². The highest BCUT2D eigenvalue weighted by atomic mass is 32.1. The maximum Gasteiger partial charge on any atom is 0.335 e. The first-order valence-electron chi connectivity index (χ1n) is 7.70. The summed E-state index contributed by atoms with van der Waals surface area (Å²) in [4.78, 5) is 18.1. The molecule has 23 heavy (non-hydrogen) atoms. The van der Waals surface area contributed by atoms with Crippen molar-refractivity contribution in [1.82, 2.24) is 9.88 Å². The fourth-order valence-corrected chi connectivity index (χ4v) is 3.54. The number of hydrogen-bond donors (Lipinski definition) is 1. The highest BCUT2D eigenvalue weighted by molar-refractivity contribution is 7.13. The predicted molar refractivity (Wildman–Crippen MR) is 89.8 cm³/mol. The van der Waals surface area contributed by atoms with Gasteiger partial charge in [-0.05, 0) is 18.1 Å². The molecule has 2 heterocycles. The Morgan fingerprint density at radius 1 is 1.52 bits per heavy atom. The van der Waals surface area contributed by atoms with Crippen molar-refractivity contribution in [3.63, 3.8) is 0 Å². The van der Waals surface area contributed by atoms with E-state index in [1.807, 2.05) is 6.07 Å². The summed E-state index contributed by atoms with van der Waals surface area (Å²) < 4.78 is 5.57. The minimum atomic E-state index is -0.915. The Kier molecular flexibility index (Phi) is 5.05. The molecule has 1 aromatic carbocycles. The summed E-state index contributed by atoms with van der Waals surface area (Å²) in [5, 5.41) is 12.0. The van der Waals surface area contributed by atoms with E-state index in [1.165, 1.54) is 0 Å². The Hall–Kier alpha value is -1.76. The van der Waals surface area contributed by atoms with Crippen LogP contribution < -0.4 is 0 Å².